The minimum absolute atomic E-state index is 0. The van der Waals surface area contributed by atoms with Crippen molar-refractivity contribution >= 4 is 27.6 Å². The Hall–Kier alpha value is -2.21. The molecule has 0 spiro atoms. The molecule has 27 heavy (non-hydrogen) atoms. The van der Waals surface area contributed by atoms with Gasteiger partial charge in [-0.15, -0.1) is 0 Å². The molecule has 2 heterocycles. The van der Waals surface area contributed by atoms with E-state index in [0.717, 1.165) is 24.6 Å². The molecule has 0 saturated carbocycles. The van der Waals surface area contributed by atoms with Crippen molar-refractivity contribution in [2.75, 3.05) is 55.2 Å². The Morgan fingerprint density at radius 3 is 2.15 bits per heavy atom. The Morgan fingerprint density at radius 2 is 1.63 bits per heavy atom. The molecule has 0 radical (unpaired) electrons. The molecule has 2 aromatic rings. The molecule has 1 aliphatic rings. The minimum Gasteiger partial charge on any atom is -0.353 e. The van der Waals surface area contributed by atoms with Crippen LogP contribution in [-0.2, 0) is 0 Å². The predicted molar refractivity (Wildman–Crippen MR) is 121 cm³/mol. The lowest BCUT2D eigenvalue weighted by Gasteiger charge is -2.35. The van der Waals surface area contributed by atoms with Gasteiger partial charge in [0.05, 0.1) is 0 Å². The van der Waals surface area contributed by atoms with Crippen LogP contribution in [-0.4, -0.2) is 60.9 Å². The quantitative estimate of drug-likeness (QED) is 0.822. The lowest BCUT2D eigenvalue weighted by molar-refractivity contribution is 0.208. The number of rotatable bonds is 3. The smallest absolute Gasteiger partial charge is 0.321 e. The number of carbonyl (C=O) groups is 1. The molecule has 3 rings (SSSR count). The third kappa shape index (κ3) is 5.89. The number of benzene rings is 1. The fourth-order valence-corrected chi connectivity index (χ4v) is 3.78. The van der Waals surface area contributed by atoms with Gasteiger partial charge in [0.15, 0.2) is 0 Å². The van der Waals surface area contributed by atoms with E-state index in [9.17, 15) is 4.79 Å². The number of amides is 2. The van der Waals surface area contributed by atoms with Crippen LogP contribution in [0.4, 0.5) is 16.3 Å². The number of nitrogens with one attached hydrogen (secondary N) is 1. The van der Waals surface area contributed by atoms with Crippen LogP contribution in [0.5, 0.6) is 0 Å². The average Bonchev–Trinajstić information content (AvgIpc) is 2.70. The molecule has 1 aromatic carbocycles. The Bertz CT molecular complexity index is 711. The summed E-state index contributed by atoms with van der Waals surface area (Å²) in [7, 11) is -0.736. The molecule has 0 bridgehead atoms. The van der Waals surface area contributed by atoms with Crippen molar-refractivity contribution in [1.29, 1.82) is 0 Å². The summed E-state index contributed by atoms with van der Waals surface area (Å²) >= 11 is 0. The van der Waals surface area contributed by atoms with Gasteiger partial charge in [-0.05, 0) is 60.1 Å². The summed E-state index contributed by atoms with van der Waals surface area (Å²) in [6.07, 6.45) is 8.60. The van der Waals surface area contributed by atoms with Crippen molar-refractivity contribution in [2.45, 2.75) is 18.7 Å². The van der Waals surface area contributed by atoms with Crippen molar-refractivity contribution in [3.05, 3.63) is 48.7 Å². The standard InChI is InChI=1S/C19H26N4OS.C2H6.H2/c1-25(2,3)17-9-7-16(8-10-17)21-19(24)23-14-12-22(13-15-23)18-6-4-5-11-20-18;1-2;/h4-11H,12-15H2,1-3H3,(H,21,24);1-2H3;1H. The van der Waals surface area contributed by atoms with E-state index in [1.807, 2.05) is 49.1 Å². The van der Waals surface area contributed by atoms with Crippen molar-refractivity contribution in [3.63, 3.8) is 0 Å². The van der Waals surface area contributed by atoms with E-state index in [1.165, 1.54) is 4.90 Å². The van der Waals surface area contributed by atoms with Crippen molar-refractivity contribution < 1.29 is 6.22 Å². The summed E-state index contributed by atoms with van der Waals surface area (Å²) in [5.41, 5.74) is 0.851. The van der Waals surface area contributed by atoms with Gasteiger partial charge in [0, 0.05) is 39.5 Å². The van der Waals surface area contributed by atoms with Crippen LogP contribution < -0.4 is 10.2 Å². The molecule has 1 N–H and O–H groups in total. The van der Waals surface area contributed by atoms with Gasteiger partial charge in [-0.2, -0.15) is 0 Å². The summed E-state index contributed by atoms with van der Waals surface area (Å²) < 4.78 is 0. The lowest BCUT2D eigenvalue weighted by Crippen LogP contribution is -2.50. The zero-order valence-electron chi connectivity index (χ0n) is 17.1. The predicted octanol–water partition coefficient (Wildman–Crippen LogP) is 4.76. The van der Waals surface area contributed by atoms with Crippen molar-refractivity contribution in [1.82, 2.24) is 9.88 Å². The summed E-state index contributed by atoms with van der Waals surface area (Å²) in [6, 6.07) is 14.1. The number of hydrogen-bond acceptors (Lipinski definition) is 3. The molecule has 1 aliphatic heterocycles. The van der Waals surface area contributed by atoms with E-state index in [-0.39, 0.29) is 7.46 Å². The number of nitrogens with zero attached hydrogens (tertiary/aromatic N) is 3. The van der Waals surface area contributed by atoms with Gasteiger partial charge in [-0.1, -0.05) is 19.9 Å². The number of aromatic nitrogens is 1. The van der Waals surface area contributed by atoms with Crippen molar-refractivity contribution in [2.24, 2.45) is 0 Å². The molecule has 1 saturated heterocycles. The number of pyridine rings is 1. The summed E-state index contributed by atoms with van der Waals surface area (Å²) in [5.74, 6) is 0.975. The fraction of sp³-hybridized carbons (Fsp3) is 0.429. The Kier molecular flexibility index (Phi) is 7.54. The van der Waals surface area contributed by atoms with E-state index in [1.54, 1.807) is 6.20 Å². The van der Waals surface area contributed by atoms with E-state index >= 15 is 0 Å². The first-order valence-corrected chi connectivity index (χ1v) is 12.3. The maximum absolute atomic E-state index is 12.5. The number of anilines is 2. The van der Waals surface area contributed by atoms with Gasteiger partial charge in [-0.3, -0.25) is 0 Å². The molecule has 6 heteroatoms. The molecule has 0 aliphatic carbocycles. The first-order chi connectivity index (χ1) is 12.9. The largest absolute Gasteiger partial charge is 0.353 e. The molecule has 1 aromatic heterocycles. The van der Waals surface area contributed by atoms with Crippen LogP contribution in [0.25, 0.3) is 0 Å². The molecule has 0 unspecified atom stereocenters. The Morgan fingerprint density at radius 1 is 1.00 bits per heavy atom. The summed E-state index contributed by atoms with van der Waals surface area (Å²) in [4.78, 5) is 22.3. The highest BCUT2D eigenvalue weighted by Gasteiger charge is 2.21. The maximum atomic E-state index is 12.5. The first kappa shape index (κ1) is 21.1. The molecule has 5 nitrogen and oxygen atoms in total. The highest BCUT2D eigenvalue weighted by Crippen LogP contribution is 2.45. The third-order valence-electron chi connectivity index (χ3n) is 4.35. The van der Waals surface area contributed by atoms with E-state index in [2.05, 4.69) is 46.1 Å². The molecular weight excluding hydrogens is 356 g/mol. The normalized spacial score (nSPS) is 14.9. The Balaban J connectivity index is 0.00000127. The average molecular weight is 391 g/mol. The maximum Gasteiger partial charge on any atom is 0.321 e. The highest BCUT2D eigenvalue weighted by atomic mass is 32.3. The second kappa shape index (κ2) is 9.65. The number of urea groups is 1. The van der Waals surface area contributed by atoms with Crippen LogP contribution in [0.1, 0.15) is 15.3 Å². The zero-order chi connectivity index (χ0) is 19.9. The van der Waals surface area contributed by atoms with Crippen molar-refractivity contribution in [3.8, 4) is 0 Å². The minimum atomic E-state index is -0.736. The molecular formula is C21H34N4OS. The van der Waals surface area contributed by atoms with Gasteiger partial charge in [0.25, 0.3) is 0 Å². The van der Waals surface area contributed by atoms with E-state index in [4.69, 9.17) is 0 Å². The number of piperazine rings is 1. The van der Waals surface area contributed by atoms with E-state index < -0.39 is 10.0 Å². The lowest BCUT2D eigenvalue weighted by atomic mass is 10.3. The Labute approximate surface area is 166 Å². The van der Waals surface area contributed by atoms with Crippen LogP contribution in [0.3, 0.4) is 0 Å². The van der Waals surface area contributed by atoms with Gasteiger partial charge in [-0.25, -0.2) is 19.8 Å². The second-order valence-electron chi connectivity index (χ2n) is 6.95. The van der Waals surface area contributed by atoms with Gasteiger partial charge in [0.1, 0.15) is 5.82 Å². The van der Waals surface area contributed by atoms with Gasteiger partial charge >= 0.3 is 6.03 Å². The molecule has 1 fully saturated rings. The third-order valence-corrected chi connectivity index (χ3v) is 6.04. The van der Waals surface area contributed by atoms with Crippen LogP contribution in [0.2, 0.25) is 0 Å². The highest BCUT2D eigenvalue weighted by molar-refractivity contribution is 8.32. The number of hydrogen-bond donors (Lipinski definition) is 1. The molecule has 2 amide bonds. The van der Waals surface area contributed by atoms with Crippen LogP contribution in [0.15, 0.2) is 53.6 Å². The van der Waals surface area contributed by atoms with Gasteiger partial charge in [0.2, 0.25) is 0 Å². The topological polar surface area (TPSA) is 48.5 Å². The first-order valence-electron chi connectivity index (χ1n) is 9.44. The van der Waals surface area contributed by atoms with Crippen LogP contribution in [0, 0.1) is 0 Å². The van der Waals surface area contributed by atoms with E-state index in [0.29, 0.717) is 13.1 Å². The monoisotopic (exact) mass is 390 g/mol. The number of carbonyl (C=O) groups excluding carboxylic acids is 1. The molecule has 150 valence electrons. The SMILES string of the molecule is CC.CS(C)(C)c1ccc(NC(=O)N2CCN(c3ccccn3)CC2)cc1.[HH]. The van der Waals surface area contributed by atoms with Crippen LogP contribution >= 0.6 is 10.0 Å². The summed E-state index contributed by atoms with van der Waals surface area (Å²) in [5, 5.41) is 3.01. The fourth-order valence-electron chi connectivity index (χ4n) is 2.83. The molecule has 0 atom stereocenters. The second-order valence-corrected chi connectivity index (χ2v) is 11.1. The summed E-state index contributed by atoms with van der Waals surface area (Å²) in [6.45, 7) is 7.01. The van der Waals surface area contributed by atoms with Gasteiger partial charge < -0.3 is 15.1 Å². The zero-order valence-corrected chi connectivity index (χ0v) is 17.9.